The molecule has 2 rings (SSSR count). The molecule has 0 fully saturated rings. The molecule has 2 N–H and O–H groups in total. The van der Waals surface area contributed by atoms with Gasteiger partial charge in [0.2, 0.25) is 5.91 Å². The van der Waals surface area contributed by atoms with Crippen LogP contribution in [0.2, 0.25) is 0 Å². The van der Waals surface area contributed by atoms with Crippen molar-refractivity contribution >= 4 is 17.5 Å². The Morgan fingerprint density at radius 1 is 1.16 bits per heavy atom. The van der Waals surface area contributed by atoms with Gasteiger partial charge in [0.1, 0.15) is 5.82 Å². The van der Waals surface area contributed by atoms with Gasteiger partial charge < -0.3 is 15.4 Å². The molecule has 0 aliphatic carbocycles. The van der Waals surface area contributed by atoms with Crippen LogP contribution in [0, 0.1) is 5.82 Å². The van der Waals surface area contributed by atoms with Gasteiger partial charge in [-0.1, -0.05) is 30.3 Å². The topological polar surface area (TPSA) is 67.4 Å². The Balaban J connectivity index is 2.28. The largest absolute Gasteiger partial charge is 0.382 e. The Morgan fingerprint density at radius 3 is 2.44 bits per heavy atom. The van der Waals surface area contributed by atoms with Crippen molar-refractivity contribution in [2.24, 2.45) is 0 Å². The van der Waals surface area contributed by atoms with Crippen LogP contribution in [-0.2, 0) is 15.1 Å². The average Bonchev–Trinajstić information content (AvgIpc) is 2.57. The Hall–Kier alpha value is -2.73. The van der Waals surface area contributed by atoms with E-state index in [1.54, 1.807) is 7.11 Å². The first-order valence-electron chi connectivity index (χ1n) is 7.80. The van der Waals surface area contributed by atoms with Crippen molar-refractivity contribution in [3.05, 3.63) is 65.5 Å². The minimum Gasteiger partial charge on any atom is -0.382 e. The van der Waals surface area contributed by atoms with Gasteiger partial charge in [0, 0.05) is 19.6 Å². The molecule has 6 heteroatoms. The van der Waals surface area contributed by atoms with Crippen LogP contribution < -0.4 is 10.6 Å². The maximum Gasteiger partial charge on any atom is 0.252 e. The highest BCUT2D eigenvalue weighted by Crippen LogP contribution is 2.23. The first-order chi connectivity index (χ1) is 11.9. The standard InChI is InChI=1S/C19H21FN2O3/c1-13(23)21-17-11-14(9-10-16(17)20)18(24)22-19(2,12-25-3)15-7-5-4-6-8-15/h4-11H,12H2,1-3H3,(H,21,23)(H,22,24). The van der Waals surface area contributed by atoms with Gasteiger partial charge in [-0.3, -0.25) is 9.59 Å². The maximum atomic E-state index is 13.8. The third-order valence-corrected chi connectivity index (χ3v) is 3.77. The number of benzene rings is 2. The van der Waals surface area contributed by atoms with Crippen molar-refractivity contribution in [3.63, 3.8) is 0 Å². The predicted octanol–water partition coefficient (Wildman–Crippen LogP) is 3.08. The van der Waals surface area contributed by atoms with E-state index in [9.17, 15) is 14.0 Å². The second kappa shape index (κ2) is 7.90. The number of amides is 2. The van der Waals surface area contributed by atoms with Crippen LogP contribution in [0.5, 0.6) is 0 Å². The number of anilines is 1. The molecule has 0 aromatic heterocycles. The Labute approximate surface area is 146 Å². The number of nitrogens with one attached hydrogen (secondary N) is 2. The van der Waals surface area contributed by atoms with Crippen LogP contribution in [0.1, 0.15) is 29.8 Å². The molecule has 25 heavy (non-hydrogen) atoms. The van der Waals surface area contributed by atoms with Gasteiger partial charge in [-0.2, -0.15) is 0 Å². The zero-order valence-corrected chi connectivity index (χ0v) is 14.4. The van der Waals surface area contributed by atoms with Crippen LogP contribution in [-0.4, -0.2) is 25.5 Å². The highest BCUT2D eigenvalue weighted by molar-refractivity contribution is 5.97. The van der Waals surface area contributed by atoms with E-state index in [-0.39, 0.29) is 17.9 Å². The average molecular weight is 344 g/mol. The van der Waals surface area contributed by atoms with Crippen molar-refractivity contribution in [3.8, 4) is 0 Å². The predicted molar refractivity (Wildman–Crippen MR) is 93.8 cm³/mol. The summed E-state index contributed by atoms with van der Waals surface area (Å²) >= 11 is 0. The highest BCUT2D eigenvalue weighted by atomic mass is 19.1. The summed E-state index contributed by atoms with van der Waals surface area (Å²) in [6.45, 7) is 3.39. The van der Waals surface area contributed by atoms with E-state index in [4.69, 9.17) is 4.74 Å². The monoisotopic (exact) mass is 344 g/mol. The van der Waals surface area contributed by atoms with Crippen molar-refractivity contribution in [2.45, 2.75) is 19.4 Å². The van der Waals surface area contributed by atoms with Crippen molar-refractivity contribution in [2.75, 3.05) is 19.0 Å². The summed E-state index contributed by atoms with van der Waals surface area (Å²) in [5, 5.41) is 5.30. The lowest BCUT2D eigenvalue weighted by atomic mass is 9.92. The van der Waals surface area contributed by atoms with Crippen LogP contribution in [0.3, 0.4) is 0 Å². The Morgan fingerprint density at radius 2 is 1.84 bits per heavy atom. The Kier molecular flexibility index (Phi) is 5.88. The quantitative estimate of drug-likeness (QED) is 0.846. The van der Waals surface area contributed by atoms with E-state index in [2.05, 4.69) is 10.6 Å². The molecule has 132 valence electrons. The van der Waals surface area contributed by atoms with Gasteiger partial charge in [-0.05, 0) is 30.7 Å². The minimum atomic E-state index is -0.754. The SMILES string of the molecule is COCC(C)(NC(=O)c1ccc(F)c(NC(C)=O)c1)c1ccccc1. The van der Waals surface area contributed by atoms with Crippen LogP contribution in [0.15, 0.2) is 48.5 Å². The summed E-state index contributed by atoms with van der Waals surface area (Å²) in [4.78, 5) is 23.8. The second-order valence-corrected chi connectivity index (χ2v) is 5.96. The summed E-state index contributed by atoms with van der Waals surface area (Å²) in [5.41, 5.74) is 0.335. The van der Waals surface area contributed by atoms with Crippen LogP contribution in [0.4, 0.5) is 10.1 Å². The van der Waals surface area contributed by atoms with Gasteiger partial charge in [0.15, 0.2) is 0 Å². The highest BCUT2D eigenvalue weighted by Gasteiger charge is 2.29. The van der Waals surface area contributed by atoms with E-state index < -0.39 is 23.2 Å². The fraction of sp³-hybridized carbons (Fsp3) is 0.263. The van der Waals surface area contributed by atoms with Crippen molar-refractivity contribution in [1.29, 1.82) is 0 Å². The van der Waals surface area contributed by atoms with E-state index in [1.807, 2.05) is 37.3 Å². The second-order valence-electron chi connectivity index (χ2n) is 5.96. The molecule has 0 aliphatic rings. The van der Waals surface area contributed by atoms with Gasteiger partial charge in [0.05, 0.1) is 17.8 Å². The van der Waals surface area contributed by atoms with E-state index in [0.29, 0.717) is 0 Å². The van der Waals surface area contributed by atoms with Gasteiger partial charge in [-0.15, -0.1) is 0 Å². The number of ether oxygens (including phenoxy) is 1. The van der Waals surface area contributed by atoms with Crippen LogP contribution >= 0.6 is 0 Å². The number of hydrogen-bond donors (Lipinski definition) is 2. The third kappa shape index (κ3) is 4.64. The number of hydrogen-bond acceptors (Lipinski definition) is 3. The molecule has 0 saturated heterocycles. The van der Waals surface area contributed by atoms with Crippen molar-refractivity contribution < 1.29 is 18.7 Å². The summed E-state index contributed by atoms with van der Waals surface area (Å²) in [6.07, 6.45) is 0. The van der Waals surface area contributed by atoms with Crippen LogP contribution in [0.25, 0.3) is 0 Å². The van der Waals surface area contributed by atoms with Gasteiger partial charge in [-0.25, -0.2) is 4.39 Å². The molecule has 0 radical (unpaired) electrons. The molecule has 2 amide bonds. The molecule has 1 atom stereocenters. The molecule has 0 bridgehead atoms. The molecule has 2 aromatic carbocycles. The third-order valence-electron chi connectivity index (χ3n) is 3.77. The normalized spacial score (nSPS) is 13.0. The number of rotatable bonds is 6. The number of halogens is 1. The maximum absolute atomic E-state index is 13.8. The fourth-order valence-corrected chi connectivity index (χ4v) is 2.56. The number of methoxy groups -OCH3 is 1. The molecule has 1 unspecified atom stereocenters. The lowest BCUT2D eigenvalue weighted by Gasteiger charge is -2.31. The summed E-state index contributed by atoms with van der Waals surface area (Å²) < 4.78 is 19.0. The molecular weight excluding hydrogens is 323 g/mol. The lowest BCUT2D eigenvalue weighted by molar-refractivity contribution is -0.114. The lowest BCUT2D eigenvalue weighted by Crippen LogP contribution is -2.46. The smallest absolute Gasteiger partial charge is 0.252 e. The molecule has 0 heterocycles. The zero-order chi connectivity index (χ0) is 18.4. The molecule has 0 saturated carbocycles. The zero-order valence-electron chi connectivity index (χ0n) is 14.4. The number of carbonyl (C=O) groups is 2. The molecule has 0 aliphatic heterocycles. The number of carbonyl (C=O) groups excluding carboxylic acids is 2. The molecule has 0 spiro atoms. The first-order valence-corrected chi connectivity index (χ1v) is 7.80. The summed E-state index contributed by atoms with van der Waals surface area (Å²) in [6, 6.07) is 13.3. The molecule has 2 aromatic rings. The summed E-state index contributed by atoms with van der Waals surface area (Å²) in [7, 11) is 1.56. The van der Waals surface area contributed by atoms with Gasteiger partial charge in [0.25, 0.3) is 5.91 Å². The molecule has 5 nitrogen and oxygen atoms in total. The van der Waals surface area contributed by atoms with E-state index in [1.165, 1.54) is 19.1 Å². The van der Waals surface area contributed by atoms with E-state index >= 15 is 0 Å². The summed E-state index contributed by atoms with van der Waals surface area (Å²) in [5.74, 6) is -1.41. The fourth-order valence-electron chi connectivity index (χ4n) is 2.56. The van der Waals surface area contributed by atoms with Gasteiger partial charge >= 0.3 is 0 Å². The molecular formula is C19H21FN2O3. The minimum absolute atomic E-state index is 0.0340. The Bertz CT molecular complexity index is 765. The van der Waals surface area contributed by atoms with Crippen molar-refractivity contribution in [1.82, 2.24) is 5.32 Å². The van der Waals surface area contributed by atoms with E-state index in [0.717, 1.165) is 11.6 Å². The first kappa shape index (κ1) is 18.6.